The molecule has 2 fully saturated rings. The molecule has 35 heavy (non-hydrogen) atoms. The van der Waals surface area contributed by atoms with Gasteiger partial charge in [0.05, 0.1) is 29.3 Å². The third-order valence-corrected chi connectivity index (χ3v) is 6.96. The highest BCUT2D eigenvalue weighted by atomic mass is 19.4. The molecule has 2 aliphatic heterocycles. The molecule has 2 atom stereocenters. The van der Waals surface area contributed by atoms with Crippen molar-refractivity contribution in [2.75, 3.05) is 38.1 Å². The predicted molar refractivity (Wildman–Crippen MR) is 120 cm³/mol. The second kappa shape index (κ2) is 9.90. The number of amides is 2. The summed E-state index contributed by atoms with van der Waals surface area (Å²) in [4.78, 5) is 37.1. The van der Waals surface area contributed by atoms with Crippen LogP contribution in [-0.2, 0) is 11.0 Å². The van der Waals surface area contributed by atoms with Crippen molar-refractivity contribution in [3.8, 4) is 6.07 Å². The maximum atomic E-state index is 13.4. The lowest BCUT2D eigenvalue weighted by Gasteiger charge is -2.37. The van der Waals surface area contributed by atoms with Crippen LogP contribution in [0.4, 0.5) is 18.9 Å². The molecular weight excluding hydrogens is 461 g/mol. The molecule has 8 nitrogen and oxygen atoms in total. The fourth-order valence-electron chi connectivity index (χ4n) is 5.15. The Balaban J connectivity index is 1.47. The molecule has 0 aliphatic carbocycles. The zero-order valence-corrected chi connectivity index (χ0v) is 19.1. The van der Waals surface area contributed by atoms with Gasteiger partial charge < -0.3 is 15.1 Å². The van der Waals surface area contributed by atoms with E-state index in [0.717, 1.165) is 6.07 Å². The van der Waals surface area contributed by atoms with E-state index in [2.05, 4.69) is 15.3 Å². The van der Waals surface area contributed by atoms with Gasteiger partial charge >= 0.3 is 6.18 Å². The SMILES string of the molecule is CNC(=O)[C@@H]1CN(C(=O)c2cnccn2)C[C@H]1C1CCN(c2ccc(C#N)c(C(F)(F)F)c2)CC1. The van der Waals surface area contributed by atoms with E-state index in [1.807, 2.05) is 4.90 Å². The Bertz CT molecular complexity index is 1130. The van der Waals surface area contributed by atoms with Crippen LogP contribution in [0.2, 0.25) is 0 Å². The molecule has 0 saturated carbocycles. The molecule has 1 aromatic heterocycles. The molecule has 3 heterocycles. The first kappa shape index (κ1) is 24.4. The highest BCUT2D eigenvalue weighted by Gasteiger charge is 2.44. The van der Waals surface area contributed by atoms with Crippen LogP contribution in [0.25, 0.3) is 0 Å². The number of alkyl halides is 3. The Morgan fingerprint density at radius 1 is 1.17 bits per heavy atom. The topological polar surface area (TPSA) is 102 Å². The molecule has 4 rings (SSSR count). The van der Waals surface area contributed by atoms with Crippen molar-refractivity contribution in [3.63, 3.8) is 0 Å². The summed E-state index contributed by atoms with van der Waals surface area (Å²) in [6.45, 7) is 1.73. The van der Waals surface area contributed by atoms with E-state index in [1.165, 1.54) is 30.7 Å². The van der Waals surface area contributed by atoms with Gasteiger partial charge in [0, 0.05) is 51.3 Å². The van der Waals surface area contributed by atoms with Gasteiger partial charge in [-0.05, 0) is 42.9 Å². The standard InChI is InChI=1S/C24H25F3N6O2/c1-29-22(34)19-14-33(23(35)21-12-30-6-7-31-21)13-18(19)15-4-8-32(9-5-15)17-3-2-16(11-28)20(10-17)24(25,26)27/h2-3,6-7,10,12,15,18-19H,4-5,8-9,13-14H2,1H3,(H,29,34)/t18-,19+/m0/s1. The van der Waals surface area contributed by atoms with Gasteiger partial charge in [0.1, 0.15) is 5.69 Å². The maximum Gasteiger partial charge on any atom is 0.417 e. The van der Waals surface area contributed by atoms with Crippen LogP contribution in [0.3, 0.4) is 0 Å². The Labute approximate surface area is 200 Å². The number of likely N-dealkylation sites (tertiary alicyclic amines) is 1. The van der Waals surface area contributed by atoms with Crippen molar-refractivity contribution < 1.29 is 22.8 Å². The van der Waals surface area contributed by atoms with Crippen LogP contribution >= 0.6 is 0 Å². The number of aromatic nitrogens is 2. The third kappa shape index (κ3) is 5.06. The van der Waals surface area contributed by atoms with Crippen LogP contribution < -0.4 is 10.2 Å². The summed E-state index contributed by atoms with van der Waals surface area (Å²) in [5, 5.41) is 11.7. The van der Waals surface area contributed by atoms with E-state index in [9.17, 15) is 22.8 Å². The number of anilines is 1. The number of nitrogens with zero attached hydrogens (tertiary/aromatic N) is 5. The van der Waals surface area contributed by atoms with Gasteiger partial charge in [-0.15, -0.1) is 0 Å². The molecule has 184 valence electrons. The molecule has 2 aromatic rings. The maximum absolute atomic E-state index is 13.4. The second-order valence-corrected chi connectivity index (χ2v) is 8.85. The van der Waals surface area contributed by atoms with E-state index < -0.39 is 17.3 Å². The summed E-state index contributed by atoms with van der Waals surface area (Å²) >= 11 is 0. The van der Waals surface area contributed by atoms with Crippen molar-refractivity contribution in [1.82, 2.24) is 20.2 Å². The quantitative estimate of drug-likeness (QED) is 0.713. The van der Waals surface area contributed by atoms with Gasteiger partial charge in [-0.1, -0.05) is 0 Å². The summed E-state index contributed by atoms with van der Waals surface area (Å²) in [7, 11) is 1.57. The van der Waals surface area contributed by atoms with E-state index in [4.69, 9.17) is 5.26 Å². The molecule has 0 radical (unpaired) electrons. The predicted octanol–water partition coefficient (Wildman–Crippen LogP) is 2.72. The molecular formula is C24H25F3N6O2. The molecule has 11 heteroatoms. The number of rotatable bonds is 4. The number of carbonyl (C=O) groups excluding carboxylic acids is 2. The van der Waals surface area contributed by atoms with Crippen molar-refractivity contribution in [2.24, 2.45) is 17.8 Å². The van der Waals surface area contributed by atoms with Crippen molar-refractivity contribution in [3.05, 3.63) is 53.6 Å². The fraction of sp³-hybridized carbons (Fsp3) is 0.458. The Morgan fingerprint density at radius 3 is 2.51 bits per heavy atom. The van der Waals surface area contributed by atoms with Crippen molar-refractivity contribution in [1.29, 1.82) is 5.26 Å². The second-order valence-electron chi connectivity index (χ2n) is 8.85. The van der Waals surface area contributed by atoms with Crippen molar-refractivity contribution in [2.45, 2.75) is 19.0 Å². The lowest BCUT2D eigenvalue weighted by molar-refractivity contribution is -0.137. The highest BCUT2D eigenvalue weighted by molar-refractivity contribution is 5.93. The highest BCUT2D eigenvalue weighted by Crippen LogP contribution is 2.39. The minimum Gasteiger partial charge on any atom is -0.372 e. The lowest BCUT2D eigenvalue weighted by Crippen LogP contribution is -2.41. The smallest absolute Gasteiger partial charge is 0.372 e. The molecule has 1 aromatic carbocycles. The zero-order valence-electron chi connectivity index (χ0n) is 19.1. The average molecular weight is 486 g/mol. The normalized spacial score (nSPS) is 21.0. The van der Waals surface area contributed by atoms with Gasteiger partial charge in [0.15, 0.2) is 0 Å². The number of hydrogen-bond acceptors (Lipinski definition) is 6. The number of halogens is 3. The number of benzene rings is 1. The Morgan fingerprint density at radius 2 is 1.91 bits per heavy atom. The Hall–Kier alpha value is -3.68. The number of piperidine rings is 1. The molecule has 0 unspecified atom stereocenters. The minimum atomic E-state index is -4.61. The first-order valence-corrected chi connectivity index (χ1v) is 11.4. The summed E-state index contributed by atoms with van der Waals surface area (Å²) in [6.07, 6.45) is 1.06. The summed E-state index contributed by atoms with van der Waals surface area (Å²) in [6, 6.07) is 5.38. The largest absolute Gasteiger partial charge is 0.417 e. The molecule has 0 spiro atoms. The molecule has 1 N–H and O–H groups in total. The van der Waals surface area contributed by atoms with Gasteiger partial charge in [-0.2, -0.15) is 18.4 Å². The van der Waals surface area contributed by atoms with Gasteiger partial charge in [0.25, 0.3) is 5.91 Å². The summed E-state index contributed by atoms with van der Waals surface area (Å²) in [5.41, 5.74) is -0.694. The molecule has 0 bridgehead atoms. The molecule has 2 aliphatic rings. The van der Waals surface area contributed by atoms with E-state index >= 15 is 0 Å². The molecule has 2 saturated heterocycles. The lowest BCUT2D eigenvalue weighted by atomic mass is 9.78. The van der Waals surface area contributed by atoms with E-state index in [0.29, 0.717) is 38.2 Å². The van der Waals surface area contributed by atoms with E-state index in [1.54, 1.807) is 18.0 Å². The first-order valence-electron chi connectivity index (χ1n) is 11.4. The third-order valence-electron chi connectivity index (χ3n) is 6.96. The van der Waals surface area contributed by atoms with Gasteiger partial charge in [0.2, 0.25) is 5.91 Å². The van der Waals surface area contributed by atoms with Crippen LogP contribution in [0.1, 0.15) is 34.5 Å². The average Bonchev–Trinajstić information content (AvgIpc) is 3.33. The first-order chi connectivity index (χ1) is 16.7. The molecule has 2 amide bonds. The van der Waals surface area contributed by atoms with Crippen LogP contribution in [-0.4, -0.2) is 59.9 Å². The fourth-order valence-corrected chi connectivity index (χ4v) is 5.15. The van der Waals surface area contributed by atoms with Crippen LogP contribution in [0.15, 0.2) is 36.8 Å². The number of carbonyl (C=O) groups is 2. The van der Waals surface area contributed by atoms with Crippen molar-refractivity contribution >= 4 is 17.5 Å². The Kier molecular flexibility index (Phi) is 6.91. The van der Waals surface area contributed by atoms with Crippen LogP contribution in [0, 0.1) is 29.1 Å². The summed E-state index contributed by atoms with van der Waals surface area (Å²) < 4.78 is 40.1. The number of nitrogens with one attached hydrogen (secondary N) is 1. The zero-order chi connectivity index (χ0) is 25.2. The minimum absolute atomic E-state index is 0.0653. The monoisotopic (exact) mass is 486 g/mol. The van der Waals surface area contributed by atoms with Gasteiger partial charge in [-0.25, -0.2) is 4.98 Å². The number of nitriles is 1. The summed E-state index contributed by atoms with van der Waals surface area (Å²) in [5.74, 6) is -0.708. The van der Waals surface area contributed by atoms with Gasteiger partial charge in [-0.3, -0.25) is 14.6 Å². The number of hydrogen-bond donors (Lipinski definition) is 1. The van der Waals surface area contributed by atoms with Crippen LogP contribution in [0.5, 0.6) is 0 Å². The van der Waals surface area contributed by atoms with E-state index in [-0.39, 0.29) is 41.8 Å².